The molecule has 22 heavy (non-hydrogen) atoms. The summed E-state index contributed by atoms with van der Waals surface area (Å²) in [5.74, 6) is 1.00. The second-order valence-corrected chi connectivity index (χ2v) is 5.77. The van der Waals surface area contributed by atoms with E-state index in [1.54, 1.807) is 0 Å². The maximum absolute atomic E-state index is 11.9. The van der Waals surface area contributed by atoms with Crippen molar-refractivity contribution in [2.45, 2.75) is 25.8 Å². The summed E-state index contributed by atoms with van der Waals surface area (Å²) in [4.78, 5) is 16.2. The molecule has 5 nitrogen and oxygen atoms in total. The average Bonchev–Trinajstić information content (AvgIpc) is 2.80. The van der Waals surface area contributed by atoms with Crippen LogP contribution in [0.4, 0.5) is 4.79 Å². The number of hydrogen-bond donors (Lipinski definition) is 0. The van der Waals surface area contributed by atoms with Crippen molar-refractivity contribution in [2.24, 2.45) is 0 Å². The van der Waals surface area contributed by atoms with Gasteiger partial charge in [-0.15, -0.1) is 0 Å². The highest BCUT2D eigenvalue weighted by Crippen LogP contribution is 2.36. The van der Waals surface area contributed by atoms with Crippen molar-refractivity contribution in [3.8, 4) is 5.75 Å². The number of para-hydroxylation sites is 1. The van der Waals surface area contributed by atoms with Crippen LogP contribution >= 0.6 is 0 Å². The number of rotatable bonds is 2. The molecular weight excluding hydrogens is 280 g/mol. The fraction of sp³-hybridized carbons (Fsp3) is 0.588. The van der Waals surface area contributed by atoms with Crippen LogP contribution in [0.2, 0.25) is 0 Å². The lowest BCUT2D eigenvalue weighted by atomic mass is 9.99. The molecule has 0 aliphatic carbocycles. The fourth-order valence-electron chi connectivity index (χ4n) is 3.35. The van der Waals surface area contributed by atoms with Crippen LogP contribution in [-0.4, -0.2) is 55.3 Å². The zero-order valence-corrected chi connectivity index (χ0v) is 13.2. The van der Waals surface area contributed by atoms with E-state index in [4.69, 9.17) is 9.47 Å². The summed E-state index contributed by atoms with van der Waals surface area (Å²) in [7, 11) is 0. The summed E-state index contributed by atoms with van der Waals surface area (Å²) in [5, 5.41) is 0. The molecule has 1 aromatic rings. The minimum Gasteiger partial charge on any atom is -0.493 e. The molecule has 0 spiro atoms. The Kier molecular flexibility index (Phi) is 4.83. The summed E-state index contributed by atoms with van der Waals surface area (Å²) in [6.07, 6.45) is 1.81. The van der Waals surface area contributed by atoms with Crippen molar-refractivity contribution in [3.63, 3.8) is 0 Å². The molecule has 0 N–H and O–H groups in total. The number of ether oxygens (including phenoxy) is 2. The number of amides is 1. The van der Waals surface area contributed by atoms with E-state index in [1.165, 1.54) is 5.56 Å². The minimum atomic E-state index is -0.184. The molecule has 1 atom stereocenters. The zero-order chi connectivity index (χ0) is 15.4. The van der Waals surface area contributed by atoms with Crippen LogP contribution in [0.15, 0.2) is 24.3 Å². The fourth-order valence-corrected chi connectivity index (χ4v) is 3.35. The maximum atomic E-state index is 11.9. The van der Waals surface area contributed by atoms with Crippen molar-refractivity contribution in [3.05, 3.63) is 29.8 Å². The predicted octanol–water partition coefficient (Wildman–Crippen LogP) is 2.67. The molecule has 0 aromatic heterocycles. The van der Waals surface area contributed by atoms with Gasteiger partial charge in [0.2, 0.25) is 0 Å². The van der Waals surface area contributed by atoms with Crippen molar-refractivity contribution in [1.29, 1.82) is 0 Å². The second-order valence-electron chi connectivity index (χ2n) is 5.77. The smallest absolute Gasteiger partial charge is 0.409 e. The molecule has 120 valence electrons. The molecule has 0 saturated carbocycles. The molecule has 1 saturated heterocycles. The highest BCUT2D eigenvalue weighted by Gasteiger charge is 2.29. The number of nitrogens with zero attached hydrogens (tertiary/aromatic N) is 2. The minimum absolute atomic E-state index is 0.184. The van der Waals surface area contributed by atoms with E-state index >= 15 is 0 Å². The van der Waals surface area contributed by atoms with Gasteiger partial charge in [-0.05, 0) is 19.4 Å². The predicted molar refractivity (Wildman–Crippen MR) is 84.1 cm³/mol. The highest BCUT2D eigenvalue weighted by molar-refractivity contribution is 5.67. The van der Waals surface area contributed by atoms with Gasteiger partial charge in [0, 0.05) is 44.2 Å². The van der Waals surface area contributed by atoms with Crippen LogP contribution in [0.3, 0.4) is 0 Å². The average molecular weight is 304 g/mol. The van der Waals surface area contributed by atoms with Crippen LogP contribution in [-0.2, 0) is 4.74 Å². The molecule has 5 heteroatoms. The monoisotopic (exact) mass is 304 g/mol. The Morgan fingerprint density at radius 3 is 3.00 bits per heavy atom. The van der Waals surface area contributed by atoms with Crippen LogP contribution in [0.5, 0.6) is 5.75 Å². The van der Waals surface area contributed by atoms with Gasteiger partial charge in [0.1, 0.15) is 5.75 Å². The second kappa shape index (κ2) is 7.01. The first-order chi connectivity index (χ1) is 10.8. The standard InChI is InChI=1S/C17H24N2O3/c1-2-21-17(20)19-10-5-9-18(11-12-19)15-8-13-22-16-7-4-3-6-14(15)16/h3-4,6-7,15H,2,5,8-13H2,1H3/t15-/m0/s1. The number of benzene rings is 1. The molecule has 1 amide bonds. The first-order valence-corrected chi connectivity index (χ1v) is 8.17. The highest BCUT2D eigenvalue weighted by atomic mass is 16.6. The van der Waals surface area contributed by atoms with E-state index in [0.29, 0.717) is 12.6 Å². The molecular formula is C17H24N2O3. The first kappa shape index (κ1) is 15.2. The van der Waals surface area contributed by atoms with Gasteiger partial charge in [0.15, 0.2) is 0 Å². The van der Waals surface area contributed by atoms with Gasteiger partial charge in [-0.3, -0.25) is 4.90 Å². The number of carbonyl (C=O) groups excluding carboxylic acids is 1. The van der Waals surface area contributed by atoms with Gasteiger partial charge in [0.25, 0.3) is 0 Å². The quantitative estimate of drug-likeness (QED) is 0.842. The number of hydrogen-bond acceptors (Lipinski definition) is 4. The van der Waals surface area contributed by atoms with Crippen LogP contribution < -0.4 is 4.74 Å². The van der Waals surface area contributed by atoms with Crippen molar-refractivity contribution < 1.29 is 14.3 Å². The van der Waals surface area contributed by atoms with Gasteiger partial charge in [-0.25, -0.2) is 4.79 Å². The van der Waals surface area contributed by atoms with Gasteiger partial charge in [-0.1, -0.05) is 18.2 Å². The molecule has 0 radical (unpaired) electrons. The third-order valence-corrected chi connectivity index (χ3v) is 4.42. The molecule has 0 unspecified atom stereocenters. The Hall–Kier alpha value is -1.75. The molecule has 2 heterocycles. The summed E-state index contributed by atoms with van der Waals surface area (Å²) in [6.45, 7) is 6.46. The Morgan fingerprint density at radius 1 is 1.27 bits per heavy atom. The number of carbonyl (C=O) groups is 1. The molecule has 3 rings (SSSR count). The van der Waals surface area contributed by atoms with Gasteiger partial charge >= 0.3 is 6.09 Å². The number of fused-ring (bicyclic) bond motifs is 1. The topological polar surface area (TPSA) is 42.0 Å². The molecule has 2 aliphatic heterocycles. The Balaban J connectivity index is 1.68. The third kappa shape index (κ3) is 3.19. The summed E-state index contributed by atoms with van der Waals surface area (Å²) in [5.41, 5.74) is 1.28. The SMILES string of the molecule is CCOC(=O)N1CCCN([C@H]2CCOc3ccccc32)CC1. The first-order valence-electron chi connectivity index (χ1n) is 8.17. The largest absolute Gasteiger partial charge is 0.493 e. The molecule has 2 aliphatic rings. The normalized spacial score (nSPS) is 22.4. The summed E-state index contributed by atoms with van der Waals surface area (Å²) in [6, 6.07) is 8.69. The zero-order valence-electron chi connectivity index (χ0n) is 13.2. The van der Waals surface area contributed by atoms with E-state index in [2.05, 4.69) is 17.0 Å². The van der Waals surface area contributed by atoms with Crippen LogP contribution in [0.25, 0.3) is 0 Å². The maximum Gasteiger partial charge on any atom is 0.409 e. The lowest BCUT2D eigenvalue weighted by molar-refractivity contribution is 0.105. The van der Waals surface area contributed by atoms with Gasteiger partial charge in [0.05, 0.1) is 13.2 Å². The van der Waals surface area contributed by atoms with E-state index in [1.807, 2.05) is 24.0 Å². The van der Waals surface area contributed by atoms with Gasteiger partial charge < -0.3 is 14.4 Å². The molecule has 1 fully saturated rings. The van der Waals surface area contributed by atoms with Crippen molar-refractivity contribution >= 4 is 6.09 Å². The van der Waals surface area contributed by atoms with Gasteiger partial charge in [-0.2, -0.15) is 0 Å². The third-order valence-electron chi connectivity index (χ3n) is 4.42. The molecule has 1 aromatic carbocycles. The van der Waals surface area contributed by atoms with E-state index in [9.17, 15) is 4.79 Å². The Morgan fingerprint density at radius 2 is 2.14 bits per heavy atom. The van der Waals surface area contributed by atoms with Crippen LogP contribution in [0.1, 0.15) is 31.4 Å². The lowest BCUT2D eigenvalue weighted by Crippen LogP contribution is -2.37. The summed E-state index contributed by atoms with van der Waals surface area (Å²) < 4.78 is 10.9. The Bertz CT molecular complexity index is 520. The van der Waals surface area contributed by atoms with Crippen LogP contribution in [0, 0.1) is 0 Å². The van der Waals surface area contributed by atoms with E-state index in [0.717, 1.165) is 51.4 Å². The van der Waals surface area contributed by atoms with Crippen molar-refractivity contribution in [2.75, 3.05) is 39.4 Å². The summed E-state index contributed by atoms with van der Waals surface area (Å²) >= 11 is 0. The van der Waals surface area contributed by atoms with E-state index < -0.39 is 0 Å². The van der Waals surface area contributed by atoms with Crippen molar-refractivity contribution in [1.82, 2.24) is 9.80 Å². The molecule has 0 bridgehead atoms. The van der Waals surface area contributed by atoms with E-state index in [-0.39, 0.29) is 6.09 Å². The lowest BCUT2D eigenvalue weighted by Gasteiger charge is -2.35. The Labute approximate surface area is 131 Å².